The highest BCUT2D eigenvalue weighted by Gasteiger charge is 2.18. The van der Waals surface area contributed by atoms with Crippen molar-refractivity contribution in [1.82, 2.24) is 0 Å². The summed E-state index contributed by atoms with van der Waals surface area (Å²) >= 11 is 6.10. The predicted molar refractivity (Wildman–Crippen MR) is 110 cm³/mol. The second kappa shape index (κ2) is 10.1. The Morgan fingerprint density at radius 1 is 0.926 bits per heavy atom. The molecule has 0 bridgehead atoms. The molecule has 2 rings (SSSR count). The molecule has 5 nitrogen and oxygen atoms in total. The third-order valence-electron chi connectivity index (χ3n) is 4.39. The van der Waals surface area contributed by atoms with E-state index in [0.717, 1.165) is 34.7 Å². The molecule has 27 heavy (non-hydrogen) atoms. The zero-order valence-electron chi connectivity index (χ0n) is 16.1. The zero-order chi connectivity index (χ0) is 19.8. The second-order valence-corrected chi connectivity index (χ2v) is 7.08. The number of rotatable bonds is 8. The Labute approximate surface area is 165 Å². The van der Waals surface area contributed by atoms with Gasteiger partial charge in [0.15, 0.2) is 13.1 Å². The topological polar surface area (TPSA) is 62.6 Å². The number of carbonyl (C=O) groups is 2. The van der Waals surface area contributed by atoms with Gasteiger partial charge in [0.2, 0.25) is 0 Å². The summed E-state index contributed by atoms with van der Waals surface area (Å²) in [5, 5.41) is 6.44. The molecular formula is C21H27ClN3O2+. The number of aryl methyl sites for hydroxylation is 1. The van der Waals surface area contributed by atoms with Crippen molar-refractivity contribution >= 4 is 34.8 Å². The van der Waals surface area contributed by atoms with Gasteiger partial charge < -0.3 is 15.5 Å². The number of benzene rings is 2. The van der Waals surface area contributed by atoms with Gasteiger partial charge in [-0.15, -0.1) is 0 Å². The van der Waals surface area contributed by atoms with Crippen LogP contribution < -0.4 is 15.5 Å². The van der Waals surface area contributed by atoms with Crippen LogP contribution in [0.1, 0.15) is 24.5 Å². The molecule has 0 heterocycles. The predicted octanol–water partition coefficient (Wildman–Crippen LogP) is 2.83. The standard InChI is InChI=1S/C21H26ClN3O2/c1-4-12-25(13-20(26)23-18-10-6-5-8-15(18)2)14-21(27)24-19-11-7-9-17(22)16(19)3/h5-11H,4,12-14H2,1-3H3,(H,23,26)(H,24,27)/p+1. The average molecular weight is 389 g/mol. The molecule has 1 atom stereocenters. The zero-order valence-corrected chi connectivity index (χ0v) is 16.8. The van der Waals surface area contributed by atoms with Crippen LogP contribution in [-0.4, -0.2) is 31.4 Å². The molecule has 3 N–H and O–H groups in total. The number of halogens is 1. The number of hydrogen-bond acceptors (Lipinski definition) is 2. The van der Waals surface area contributed by atoms with Gasteiger partial charge in [-0.2, -0.15) is 0 Å². The van der Waals surface area contributed by atoms with Crippen LogP contribution in [0.15, 0.2) is 42.5 Å². The van der Waals surface area contributed by atoms with Gasteiger partial charge in [0.1, 0.15) is 0 Å². The average Bonchev–Trinajstić information content (AvgIpc) is 2.61. The van der Waals surface area contributed by atoms with E-state index in [0.29, 0.717) is 10.7 Å². The maximum Gasteiger partial charge on any atom is 0.279 e. The molecule has 0 aromatic heterocycles. The molecule has 0 fully saturated rings. The molecule has 0 radical (unpaired) electrons. The first-order valence-electron chi connectivity index (χ1n) is 9.14. The monoisotopic (exact) mass is 388 g/mol. The van der Waals surface area contributed by atoms with E-state index in [1.54, 1.807) is 12.1 Å². The lowest BCUT2D eigenvalue weighted by Crippen LogP contribution is -3.14. The lowest BCUT2D eigenvalue weighted by Gasteiger charge is -2.19. The maximum absolute atomic E-state index is 12.4. The first-order chi connectivity index (χ1) is 12.9. The molecule has 6 heteroatoms. The lowest BCUT2D eigenvalue weighted by atomic mass is 10.2. The van der Waals surface area contributed by atoms with Crippen LogP contribution >= 0.6 is 11.6 Å². The van der Waals surface area contributed by atoms with Crippen LogP contribution in [0.4, 0.5) is 11.4 Å². The van der Waals surface area contributed by atoms with Gasteiger partial charge in [0.25, 0.3) is 11.8 Å². The summed E-state index contributed by atoms with van der Waals surface area (Å²) < 4.78 is 0. The van der Waals surface area contributed by atoms with Crippen LogP contribution in [0.5, 0.6) is 0 Å². The number of para-hydroxylation sites is 1. The van der Waals surface area contributed by atoms with Crippen LogP contribution in [-0.2, 0) is 9.59 Å². The highest BCUT2D eigenvalue weighted by Crippen LogP contribution is 2.22. The van der Waals surface area contributed by atoms with Crippen LogP contribution in [0.25, 0.3) is 0 Å². The van der Waals surface area contributed by atoms with E-state index in [9.17, 15) is 9.59 Å². The smallest absolute Gasteiger partial charge is 0.279 e. The van der Waals surface area contributed by atoms with Crippen molar-refractivity contribution in [2.45, 2.75) is 27.2 Å². The van der Waals surface area contributed by atoms with Crippen molar-refractivity contribution in [1.29, 1.82) is 0 Å². The fourth-order valence-corrected chi connectivity index (χ4v) is 3.07. The molecule has 0 aliphatic rings. The number of hydrogen-bond donors (Lipinski definition) is 3. The number of amides is 2. The van der Waals surface area contributed by atoms with Gasteiger partial charge in [0.05, 0.1) is 6.54 Å². The lowest BCUT2D eigenvalue weighted by molar-refractivity contribution is -0.883. The molecule has 2 amide bonds. The Kier molecular flexibility index (Phi) is 7.82. The summed E-state index contributed by atoms with van der Waals surface area (Å²) in [5.74, 6) is -0.230. The minimum atomic E-state index is -0.132. The Morgan fingerprint density at radius 2 is 1.52 bits per heavy atom. The van der Waals surface area contributed by atoms with Gasteiger partial charge in [-0.25, -0.2) is 0 Å². The number of quaternary nitrogens is 1. The highest BCUT2D eigenvalue weighted by atomic mass is 35.5. The Balaban J connectivity index is 1.96. The molecule has 2 aromatic rings. The van der Waals surface area contributed by atoms with E-state index in [1.807, 2.05) is 51.1 Å². The molecule has 2 aromatic carbocycles. The molecule has 0 saturated carbocycles. The summed E-state index contributed by atoms with van der Waals surface area (Å²) in [6.45, 7) is 7.06. The maximum atomic E-state index is 12.4. The van der Waals surface area contributed by atoms with Gasteiger partial charge in [-0.05, 0) is 49.6 Å². The summed E-state index contributed by atoms with van der Waals surface area (Å²) in [5.41, 5.74) is 3.35. The third kappa shape index (κ3) is 6.38. The Morgan fingerprint density at radius 3 is 2.15 bits per heavy atom. The van der Waals surface area contributed by atoms with Crippen molar-refractivity contribution < 1.29 is 14.5 Å². The van der Waals surface area contributed by atoms with Crippen LogP contribution in [0.3, 0.4) is 0 Å². The summed E-state index contributed by atoms with van der Waals surface area (Å²) in [6.07, 6.45) is 0.885. The third-order valence-corrected chi connectivity index (χ3v) is 4.80. The SMILES string of the molecule is CCC[NH+](CC(=O)Nc1ccccc1C)CC(=O)Nc1cccc(Cl)c1C. The molecular weight excluding hydrogens is 362 g/mol. The Hall–Kier alpha value is -2.37. The molecule has 0 aliphatic heterocycles. The van der Waals surface area contributed by atoms with Gasteiger partial charge in [0, 0.05) is 16.4 Å². The van der Waals surface area contributed by atoms with E-state index < -0.39 is 0 Å². The molecule has 1 unspecified atom stereocenters. The molecule has 0 saturated heterocycles. The van der Waals surface area contributed by atoms with Gasteiger partial charge in [-0.3, -0.25) is 9.59 Å². The number of carbonyl (C=O) groups excluding carboxylic acids is 2. The van der Waals surface area contributed by atoms with E-state index in [1.165, 1.54) is 0 Å². The summed E-state index contributed by atoms with van der Waals surface area (Å²) in [4.78, 5) is 25.8. The molecule has 144 valence electrons. The molecule has 0 spiro atoms. The van der Waals surface area contributed by atoms with Crippen molar-refractivity contribution in [3.8, 4) is 0 Å². The van der Waals surface area contributed by atoms with Crippen molar-refractivity contribution in [2.24, 2.45) is 0 Å². The van der Waals surface area contributed by atoms with Gasteiger partial charge >= 0.3 is 0 Å². The largest absolute Gasteiger partial charge is 0.321 e. The minimum Gasteiger partial charge on any atom is -0.321 e. The normalized spacial score (nSPS) is 11.7. The van der Waals surface area contributed by atoms with Crippen molar-refractivity contribution in [3.05, 3.63) is 58.6 Å². The number of anilines is 2. The minimum absolute atomic E-state index is 0.0977. The first kappa shape index (κ1) is 20.9. The van der Waals surface area contributed by atoms with Crippen LogP contribution in [0, 0.1) is 13.8 Å². The van der Waals surface area contributed by atoms with Crippen molar-refractivity contribution in [2.75, 3.05) is 30.3 Å². The quantitative estimate of drug-likeness (QED) is 0.651. The second-order valence-electron chi connectivity index (χ2n) is 6.68. The summed E-state index contributed by atoms with van der Waals surface area (Å²) in [6, 6.07) is 13.1. The van der Waals surface area contributed by atoms with Crippen molar-refractivity contribution in [3.63, 3.8) is 0 Å². The molecule has 0 aliphatic carbocycles. The first-order valence-corrected chi connectivity index (χ1v) is 9.52. The van der Waals surface area contributed by atoms with Gasteiger partial charge in [-0.1, -0.05) is 42.8 Å². The van der Waals surface area contributed by atoms with E-state index in [2.05, 4.69) is 10.6 Å². The Bertz CT molecular complexity index is 808. The van der Waals surface area contributed by atoms with Crippen LogP contribution in [0.2, 0.25) is 5.02 Å². The fourth-order valence-electron chi connectivity index (χ4n) is 2.89. The number of nitrogens with one attached hydrogen (secondary N) is 3. The summed E-state index contributed by atoms with van der Waals surface area (Å²) in [7, 11) is 0. The van der Waals surface area contributed by atoms with E-state index >= 15 is 0 Å². The van der Waals surface area contributed by atoms with E-state index in [-0.39, 0.29) is 24.9 Å². The fraction of sp³-hybridized carbons (Fsp3) is 0.333. The highest BCUT2D eigenvalue weighted by molar-refractivity contribution is 6.31. The van der Waals surface area contributed by atoms with E-state index in [4.69, 9.17) is 11.6 Å².